The maximum absolute atomic E-state index is 12.9. The summed E-state index contributed by atoms with van der Waals surface area (Å²) >= 11 is 0. The normalized spacial score (nSPS) is 16.8. The Morgan fingerprint density at radius 3 is 2.77 bits per heavy atom. The van der Waals surface area contributed by atoms with E-state index >= 15 is 0 Å². The third-order valence-electron chi connectivity index (χ3n) is 2.41. The summed E-state index contributed by atoms with van der Waals surface area (Å²) in [5.41, 5.74) is 0.973. The highest BCUT2D eigenvalue weighted by atomic mass is 19.1. The standard InChI is InChI=1S/C10H12FNO/c1-13-10-3-2-8(11)4-9(10)7-5-12-6-7/h2-4,7,12H,5-6H2,1H3. The van der Waals surface area contributed by atoms with Crippen LogP contribution in [0.25, 0.3) is 0 Å². The Bertz CT molecular complexity index is 310. The first-order valence-corrected chi connectivity index (χ1v) is 4.35. The molecule has 2 rings (SSSR count). The lowest BCUT2D eigenvalue weighted by atomic mass is 9.93. The highest BCUT2D eigenvalue weighted by Gasteiger charge is 2.22. The van der Waals surface area contributed by atoms with Gasteiger partial charge in [-0.05, 0) is 18.2 Å². The van der Waals surface area contributed by atoms with Crippen molar-refractivity contribution in [3.05, 3.63) is 29.6 Å². The van der Waals surface area contributed by atoms with Crippen LogP contribution in [-0.2, 0) is 0 Å². The summed E-state index contributed by atoms with van der Waals surface area (Å²) in [7, 11) is 1.61. The molecule has 1 aromatic rings. The first-order valence-electron chi connectivity index (χ1n) is 4.35. The summed E-state index contributed by atoms with van der Waals surface area (Å²) in [5.74, 6) is 1.00. The zero-order valence-electron chi connectivity index (χ0n) is 7.51. The molecule has 1 N–H and O–H groups in total. The number of rotatable bonds is 2. The molecule has 1 saturated heterocycles. The van der Waals surface area contributed by atoms with Gasteiger partial charge >= 0.3 is 0 Å². The largest absolute Gasteiger partial charge is 0.496 e. The molecule has 1 fully saturated rings. The van der Waals surface area contributed by atoms with Crippen LogP contribution in [0.1, 0.15) is 11.5 Å². The summed E-state index contributed by atoms with van der Waals surface area (Å²) < 4.78 is 18.1. The van der Waals surface area contributed by atoms with Crippen LogP contribution < -0.4 is 10.1 Å². The molecule has 1 aliphatic rings. The Morgan fingerprint density at radius 2 is 2.23 bits per heavy atom. The van der Waals surface area contributed by atoms with E-state index in [0.29, 0.717) is 5.92 Å². The van der Waals surface area contributed by atoms with Gasteiger partial charge in [0.15, 0.2) is 0 Å². The van der Waals surface area contributed by atoms with Gasteiger partial charge in [-0.15, -0.1) is 0 Å². The Kier molecular flexibility index (Phi) is 2.19. The summed E-state index contributed by atoms with van der Waals surface area (Å²) in [6, 6.07) is 4.67. The summed E-state index contributed by atoms with van der Waals surface area (Å²) in [6.45, 7) is 1.83. The van der Waals surface area contributed by atoms with E-state index in [0.717, 1.165) is 24.4 Å². The molecule has 0 aliphatic carbocycles. The third kappa shape index (κ3) is 1.52. The van der Waals surface area contributed by atoms with Crippen LogP contribution in [0.3, 0.4) is 0 Å². The maximum atomic E-state index is 12.9. The van der Waals surface area contributed by atoms with Gasteiger partial charge in [0.25, 0.3) is 0 Å². The maximum Gasteiger partial charge on any atom is 0.123 e. The molecule has 0 bridgehead atoms. The Hall–Kier alpha value is -1.09. The number of halogens is 1. The fourth-order valence-electron chi connectivity index (χ4n) is 1.53. The van der Waals surface area contributed by atoms with Crippen LogP contribution in [0.15, 0.2) is 18.2 Å². The fourth-order valence-corrected chi connectivity index (χ4v) is 1.53. The Morgan fingerprint density at radius 1 is 1.46 bits per heavy atom. The van der Waals surface area contributed by atoms with Gasteiger partial charge in [-0.3, -0.25) is 0 Å². The summed E-state index contributed by atoms with van der Waals surface area (Å²) in [4.78, 5) is 0. The minimum absolute atomic E-state index is 0.192. The van der Waals surface area contributed by atoms with Gasteiger partial charge in [-0.2, -0.15) is 0 Å². The van der Waals surface area contributed by atoms with Crippen molar-refractivity contribution < 1.29 is 9.13 Å². The van der Waals surface area contributed by atoms with Crippen molar-refractivity contribution in [2.75, 3.05) is 20.2 Å². The summed E-state index contributed by atoms with van der Waals surface area (Å²) in [6.07, 6.45) is 0. The van der Waals surface area contributed by atoms with E-state index in [1.54, 1.807) is 19.2 Å². The molecule has 0 saturated carbocycles. The second kappa shape index (κ2) is 3.34. The van der Waals surface area contributed by atoms with E-state index in [4.69, 9.17) is 4.74 Å². The molecule has 0 radical (unpaired) electrons. The lowest BCUT2D eigenvalue weighted by Gasteiger charge is -2.28. The SMILES string of the molecule is COc1ccc(F)cc1C1CNC1. The second-order valence-corrected chi connectivity index (χ2v) is 3.24. The fraction of sp³-hybridized carbons (Fsp3) is 0.400. The van der Waals surface area contributed by atoms with Gasteiger partial charge in [-0.1, -0.05) is 0 Å². The van der Waals surface area contributed by atoms with Crippen molar-refractivity contribution in [2.24, 2.45) is 0 Å². The van der Waals surface area contributed by atoms with E-state index in [1.807, 2.05) is 0 Å². The Labute approximate surface area is 76.7 Å². The molecular formula is C10H12FNO. The van der Waals surface area contributed by atoms with Crippen molar-refractivity contribution in [3.63, 3.8) is 0 Å². The van der Waals surface area contributed by atoms with Crippen molar-refractivity contribution >= 4 is 0 Å². The van der Waals surface area contributed by atoms with Crippen LogP contribution in [0.4, 0.5) is 4.39 Å². The highest BCUT2D eigenvalue weighted by Crippen LogP contribution is 2.29. The zero-order valence-corrected chi connectivity index (χ0v) is 7.51. The van der Waals surface area contributed by atoms with Gasteiger partial charge in [-0.25, -0.2) is 4.39 Å². The molecule has 0 aromatic heterocycles. The number of nitrogens with one attached hydrogen (secondary N) is 1. The predicted molar refractivity (Wildman–Crippen MR) is 48.6 cm³/mol. The van der Waals surface area contributed by atoms with E-state index in [9.17, 15) is 4.39 Å². The van der Waals surface area contributed by atoms with E-state index < -0.39 is 0 Å². The van der Waals surface area contributed by atoms with Crippen LogP contribution in [0.2, 0.25) is 0 Å². The van der Waals surface area contributed by atoms with Crippen molar-refractivity contribution in [1.82, 2.24) is 5.32 Å². The van der Waals surface area contributed by atoms with Gasteiger partial charge in [0.05, 0.1) is 7.11 Å². The molecule has 1 aromatic carbocycles. The van der Waals surface area contributed by atoms with Gasteiger partial charge in [0.2, 0.25) is 0 Å². The lowest BCUT2D eigenvalue weighted by Crippen LogP contribution is -2.40. The number of ether oxygens (including phenoxy) is 1. The van der Waals surface area contributed by atoms with E-state index in [-0.39, 0.29) is 5.82 Å². The molecular weight excluding hydrogens is 169 g/mol. The average molecular weight is 181 g/mol. The molecule has 2 nitrogen and oxygen atoms in total. The molecule has 13 heavy (non-hydrogen) atoms. The van der Waals surface area contributed by atoms with Gasteiger partial charge < -0.3 is 10.1 Å². The molecule has 0 spiro atoms. The molecule has 0 atom stereocenters. The van der Waals surface area contributed by atoms with Crippen molar-refractivity contribution in [2.45, 2.75) is 5.92 Å². The van der Waals surface area contributed by atoms with Crippen LogP contribution in [0, 0.1) is 5.82 Å². The van der Waals surface area contributed by atoms with Crippen molar-refractivity contribution in [3.8, 4) is 5.75 Å². The molecule has 1 heterocycles. The number of hydrogen-bond acceptors (Lipinski definition) is 2. The quantitative estimate of drug-likeness (QED) is 0.747. The molecule has 70 valence electrons. The number of methoxy groups -OCH3 is 1. The lowest BCUT2D eigenvalue weighted by molar-refractivity contribution is 0.383. The third-order valence-corrected chi connectivity index (χ3v) is 2.41. The smallest absolute Gasteiger partial charge is 0.123 e. The average Bonchev–Trinajstić information content (AvgIpc) is 2.02. The highest BCUT2D eigenvalue weighted by molar-refractivity contribution is 5.38. The molecule has 1 aliphatic heterocycles. The van der Waals surface area contributed by atoms with E-state index in [1.165, 1.54) is 6.07 Å². The monoisotopic (exact) mass is 181 g/mol. The van der Waals surface area contributed by atoms with Gasteiger partial charge in [0.1, 0.15) is 11.6 Å². The number of benzene rings is 1. The first-order chi connectivity index (χ1) is 6.31. The first kappa shape index (κ1) is 8.51. The Balaban J connectivity index is 2.33. The molecule has 0 unspecified atom stereocenters. The minimum atomic E-state index is -0.192. The zero-order chi connectivity index (χ0) is 9.26. The van der Waals surface area contributed by atoms with Crippen molar-refractivity contribution in [1.29, 1.82) is 0 Å². The van der Waals surface area contributed by atoms with E-state index in [2.05, 4.69) is 5.32 Å². The topological polar surface area (TPSA) is 21.3 Å². The minimum Gasteiger partial charge on any atom is -0.496 e. The molecule has 3 heteroatoms. The van der Waals surface area contributed by atoms with Gasteiger partial charge in [0, 0.05) is 24.6 Å². The second-order valence-electron chi connectivity index (χ2n) is 3.24. The van der Waals surface area contributed by atoms with Crippen LogP contribution in [0.5, 0.6) is 5.75 Å². The predicted octanol–water partition coefficient (Wildman–Crippen LogP) is 1.52. The molecule has 0 amide bonds. The van der Waals surface area contributed by atoms with Crippen LogP contribution >= 0.6 is 0 Å². The number of hydrogen-bond donors (Lipinski definition) is 1. The summed E-state index contributed by atoms with van der Waals surface area (Å²) in [5, 5.41) is 3.15. The van der Waals surface area contributed by atoms with Crippen LogP contribution in [-0.4, -0.2) is 20.2 Å².